The number of hydrogen-bond acceptors (Lipinski definition) is 4. The number of para-hydroxylation sites is 1. The number of fused-ring (bicyclic) bond motifs is 1. The van der Waals surface area contributed by atoms with Crippen molar-refractivity contribution in [2.24, 2.45) is 0 Å². The van der Waals surface area contributed by atoms with Crippen LogP contribution in [0.3, 0.4) is 0 Å². The number of nitrogens with one attached hydrogen (secondary N) is 1. The van der Waals surface area contributed by atoms with E-state index in [0.717, 1.165) is 11.4 Å². The van der Waals surface area contributed by atoms with Gasteiger partial charge in [-0.15, -0.1) is 0 Å². The Balaban J connectivity index is 1.94. The molecule has 0 radical (unpaired) electrons. The van der Waals surface area contributed by atoms with E-state index in [1.54, 1.807) is 18.2 Å². The number of rotatable bonds is 2. The summed E-state index contributed by atoms with van der Waals surface area (Å²) in [5.41, 5.74) is 2.28. The Labute approximate surface area is 103 Å². The molecule has 4 heteroatoms. The highest BCUT2D eigenvalue weighted by atomic mass is 16.6. The van der Waals surface area contributed by atoms with Gasteiger partial charge in [-0.05, 0) is 30.3 Å². The zero-order valence-electron chi connectivity index (χ0n) is 9.34. The second-order valence-corrected chi connectivity index (χ2v) is 3.93. The average Bonchev–Trinajstić information content (AvgIpc) is 2.66. The van der Waals surface area contributed by atoms with Gasteiger partial charge in [-0.1, -0.05) is 18.2 Å². The van der Waals surface area contributed by atoms with Crippen LogP contribution in [0.15, 0.2) is 48.5 Å². The van der Waals surface area contributed by atoms with Crippen molar-refractivity contribution >= 4 is 23.3 Å². The van der Waals surface area contributed by atoms with Crippen molar-refractivity contribution in [3.05, 3.63) is 59.7 Å². The van der Waals surface area contributed by atoms with Gasteiger partial charge in [0.15, 0.2) is 0 Å². The van der Waals surface area contributed by atoms with Gasteiger partial charge >= 0.3 is 11.9 Å². The number of carbonyl (C=O) groups excluding carboxylic acids is 2. The molecule has 1 aliphatic rings. The molecule has 4 nitrogen and oxygen atoms in total. The van der Waals surface area contributed by atoms with Crippen LogP contribution in [0.1, 0.15) is 20.7 Å². The Morgan fingerprint density at radius 1 is 0.778 bits per heavy atom. The maximum Gasteiger partial charge on any atom is 0.346 e. The standard InChI is InChI=1S/C14H9NO3/c16-13-11-7-6-10(8-12(11)14(17)18-13)15-9-4-2-1-3-5-9/h1-8,15H. The third kappa shape index (κ3) is 1.73. The minimum absolute atomic E-state index is 0.306. The summed E-state index contributed by atoms with van der Waals surface area (Å²) in [7, 11) is 0. The van der Waals surface area contributed by atoms with Gasteiger partial charge < -0.3 is 10.1 Å². The quantitative estimate of drug-likeness (QED) is 0.646. The molecule has 1 N–H and O–H groups in total. The highest BCUT2D eigenvalue weighted by Crippen LogP contribution is 2.25. The molecule has 3 rings (SSSR count). The Bertz CT molecular complexity index is 635. The Hall–Kier alpha value is -2.62. The van der Waals surface area contributed by atoms with Crippen molar-refractivity contribution in [2.45, 2.75) is 0 Å². The first kappa shape index (κ1) is 10.5. The van der Waals surface area contributed by atoms with Crippen LogP contribution in [0.5, 0.6) is 0 Å². The third-order valence-electron chi connectivity index (χ3n) is 2.71. The normalized spacial score (nSPS) is 13.1. The summed E-state index contributed by atoms with van der Waals surface area (Å²) in [5, 5.41) is 3.15. The summed E-state index contributed by atoms with van der Waals surface area (Å²) in [4.78, 5) is 22.7. The fourth-order valence-corrected chi connectivity index (χ4v) is 1.85. The van der Waals surface area contributed by atoms with E-state index in [-0.39, 0.29) is 0 Å². The van der Waals surface area contributed by atoms with E-state index in [1.165, 1.54) is 0 Å². The van der Waals surface area contributed by atoms with Crippen molar-refractivity contribution in [2.75, 3.05) is 5.32 Å². The Kier molecular flexibility index (Phi) is 2.34. The average molecular weight is 239 g/mol. The zero-order chi connectivity index (χ0) is 12.5. The van der Waals surface area contributed by atoms with Gasteiger partial charge in [0, 0.05) is 11.4 Å². The maximum absolute atomic E-state index is 11.4. The largest absolute Gasteiger partial charge is 0.386 e. The van der Waals surface area contributed by atoms with Gasteiger partial charge in [0.05, 0.1) is 11.1 Å². The predicted molar refractivity (Wildman–Crippen MR) is 65.9 cm³/mol. The molecule has 0 aliphatic carbocycles. The fourth-order valence-electron chi connectivity index (χ4n) is 1.85. The lowest BCUT2D eigenvalue weighted by atomic mass is 10.1. The lowest BCUT2D eigenvalue weighted by Gasteiger charge is -2.06. The molecule has 88 valence electrons. The summed E-state index contributed by atoms with van der Waals surface area (Å²) >= 11 is 0. The van der Waals surface area contributed by atoms with Crippen molar-refractivity contribution in [3.63, 3.8) is 0 Å². The number of anilines is 2. The zero-order valence-corrected chi connectivity index (χ0v) is 9.34. The van der Waals surface area contributed by atoms with Crippen molar-refractivity contribution in [1.82, 2.24) is 0 Å². The molecule has 2 aromatic rings. The second kappa shape index (κ2) is 4.00. The molecule has 0 unspecified atom stereocenters. The van der Waals surface area contributed by atoms with Crippen LogP contribution in [-0.4, -0.2) is 11.9 Å². The molecule has 1 heterocycles. The van der Waals surface area contributed by atoms with E-state index in [1.807, 2.05) is 30.3 Å². The van der Waals surface area contributed by atoms with Crippen LogP contribution in [0, 0.1) is 0 Å². The van der Waals surface area contributed by atoms with Gasteiger partial charge in [0.2, 0.25) is 0 Å². The molecule has 0 aromatic heterocycles. The molecular formula is C14H9NO3. The number of carbonyl (C=O) groups is 2. The van der Waals surface area contributed by atoms with E-state index in [9.17, 15) is 9.59 Å². The molecule has 18 heavy (non-hydrogen) atoms. The van der Waals surface area contributed by atoms with Gasteiger partial charge in [0.25, 0.3) is 0 Å². The number of hydrogen-bond donors (Lipinski definition) is 1. The summed E-state index contributed by atoms with van der Waals surface area (Å²) in [6.45, 7) is 0. The molecule has 0 fully saturated rings. The summed E-state index contributed by atoms with van der Waals surface area (Å²) in [6.07, 6.45) is 0. The van der Waals surface area contributed by atoms with Crippen LogP contribution < -0.4 is 5.32 Å². The number of esters is 2. The number of benzene rings is 2. The molecule has 0 atom stereocenters. The fraction of sp³-hybridized carbons (Fsp3) is 0. The van der Waals surface area contributed by atoms with Gasteiger partial charge in [-0.25, -0.2) is 9.59 Å². The first-order valence-electron chi connectivity index (χ1n) is 5.47. The SMILES string of the molecule is O=C1OC(=O)c2cc(Nc3ccccc3)ccc21. The first-order valence-corrected chi connectivity index (χ1v) is 5.47. The number of cyclic esters (lactones) is 2. The Morgan fingerprint density at radius 3 is 2.28 bits per heavy atom. The molecule has 2 aromatic carbocycles. The van der Waals surface area contributed by atoms with Crippen molar-refractivity contribution in [1.29, 1.82) is 0 Å². The second-order valence-electron chi connectivity index (χ2n) is 3.93. The smallest absolute Gasteiger partial charge is 0.346 e. The summed E-state index contributed by atoms with van der Waals surface area (Å²) in [5.74, 6) is -1.17. The lowest BCUT2D eigenvalue weighted by Crippen LogP contribution is -1.97. The lowest BCUT2D eigenvalue weighted by molar-refractivity contribution is 0.0444. The summed E-state index contributed by atoms with van der Waals surface area (Å²) < 4.78 is 4.53. The Morgan fingerprint density at radius 2 is 1.50 bits per heavy atom. The molecule has 0 saturated heterocycles. The maximum atomic E-state index is 11.4. The van der Waals surface area contributed by atoms with Crippen LogP contribution in [-0.2, 0) is 4.74 Å². The highest BCUT2D eigenvalue weighted by Gasteiger charge is 2.29. The molecule has 0 spiro atoms. The molecular weight excluding hydrogens is 230 g/mol. The van der Waals surface area contributed by atoms with E-state index in [0.29, 0.717) is 11.1 Å². The van der Waals surface area contributed by atoms with Gasteiger partial charge in [0.1, 0.15) is 0 Å². The topological polar surface area (TPSA) is 55.4 Å². The van der Waals surface area contributed by atoms with E-state index in [2.05, 4.69) is 10.1 Å². The van der Waals surface area contributed by atoms with E-state index in [4.69, 9.17) is 0 Å². The minimum atomic E-state index is -0.591. The van der Waals surface area contributed by atoms with Crippen molar-refractivity contribution < 1.29 is 14.3 Å². The minimum Gasteiger partial charge on any atom is -0.386 e. The van der Waals surface area contributed by atoms with E-state index >= 15 is 0 Å². The van der Waals surface area contributed by atoms with E-state index < -0.39 is 11.9 Å². The summed E-state index contributed by atoms with van der Waals surface area (Å²) in [6, 6.07) is 14.5. The molecule has 0 amide bonds. The van der Waals surface area contributed by atoms with Crippen LogP contribution in [0.25, 0.3) is 0 Å². The van der Waals surface area contributed by atoms with Crippen LogP contribution in [0.4, 0.5) is 11.4 Å². The monoisotopic (exact) mass is 239 g/mol. The van der Waals surface area contributed by atoms with Crippen LogP contribution >= 0.6 is 0 Å². The van der Waals surface area contributed by atoms with Gasteiger partial charge in [-0.3, -0.25) is 0 Å². The molecule has 0 bridgehead atoms. The third-order valence-corrected chi connectivity index (χ3v) is 2.71. The van der Waals surface area contributed by atoms with Crippen molar-refractivity contribution in [3.8, 4) is 0 Å². The van der Waals surface area contributed by atoms with Crippen LogP contribution in [0.2, 0.25) is 0 Å². The first-order chi connectivity index (χ1) is 8.74. The van der Waals surface area contributed by atoms with Gasteiger partial charge in [-0.2, -0.15) is 0 Å². The number of ether oxygens (including phenoxy) is 1. The highest BCUT2D eigenvalue weighted by molar-refractivity contribution is 6.15. The molecule has 1 aliphatic heterocycles. The molecule has 0 saturated carbocycles. The predicted octanol–water partition coefficient (Wildman–Crippen LogP) is 2.74.